The summed E-state index contributed by atoms with van der Waals surface area (Å²) in [5, 5.41) is 29.0. The summed E-state index contributed by atoms with van der Waals surface area (Å²) in [4.78, 5) is 76.7. The molecule has 5 atom stereocenters. The molecule has 0 saturated carbocycles. The maximum atomic E-state index is 13.6. The second-order valence-corrected chi connectivity index (χ2v) is 12.3. The third kappa shape index (κ3) is 12.8. The van der Waals surface area contributed by atoms with Gasteiger partial charge in [0.15, 0.2) is 0 Å². The van der Waals surface area contributed by atoms with Crippen LogP contribution in [0.2, 0.25) is 0 Å². The minimum Gasteiger partial charge on any atom is -0.507 e. The fraction of sp³-hybridized carbons (Fsp3) is 0.419. The number of nitrogens with two attached hydrogens (primary N) is 2. The van der Waals surface area contributed by atoms with Gasteiger partial charge in [0.2, 0.25) is 29.5 Å². The number of phenolic OH excluding ortho intramolecular Hbond substituents is 1. The maximum absolute atomic E-state index is 13.6. The molecule has 47 heavy (non-hydrogen) atoms. The smallest absolute Gasteiger partial charge is 0.328 e. The molecule has 15 nitrogen and oxygen atoms in total. The Morgan fingerprint density at radius 3 is 2.02 bits per heavy atom. The zero-order chi connectivity index (χ0) is 35.3. The monoisotopic (exact) mass is 768 g/mol. The summed E-state index contributed by atoms with van der Waals surface area (Å²) in [6, 6.07) is 7.10. The van der Waals surface area contributed by atoms with Gasteiger partial charge >= 0.3 is 5.97 Å². The second kappa shape index (κ2) is 18.8. The molecule has 2 rings (SSSR count). The molecule has 0 aliphatic heterocycles. The van der Waals surface area contributed by atoms with E-state index in [2.05, 4.69) is 21.3 Å². The number of carbonyl (C=O) groups excluding carboxylic acids is 6. The summed E-state index contributed by atoms with van der Waals surface area (Å²) in [5.41, 5.74) is 12.1. The number of hydrogen-bond donors (Lipinski definition) is 8. The highest BCUT2D eigenvalue weighted by Crippen LogP contribution is 2.21. The van der Waals surface area contributed by atoms with Crippen molar-refractivity contribution in [2.75, 3.05) is 6.61 Å². The largest absolute Gasteiger partial charge is 0.507 e. The number of halogens is 1. The predicted molar refractivity (Wildman–Crippen MR) is 178 cm³/mol. The lowest BCUT2D eigenvalue weighted by Crippen LogP contribution is -2.60. The Morgan fingerprint density at radius 1 is 0.830 bits per heavy atom. The minimum absolute atomic E-state index is 0.00903. The van der Waals surface area contributed by atoms with E-state index in [1.54, 1.807) is 50.2 Å². The third-order valence-corrected chi connectivity index (χ3v) is 7.70. The molecule has 0 heterocycles. The number of primary amides is 1. The average molecular weight is 769 g/mol. The number of carbonyl (C=O) groups is 6. The fourth-order valence-corrected chi connectivity index (χ4v) is 4.75. The van der Waals surface area contributed by atoms with Gasteiger partial charge in [-0.05, 0) is 58.7 Å². The first kappa shape index (κ1) is 38.9. The zero-order valence-corrected chi connectivity index (χ0v) is 28.4. The number of nitrogens with one attached hydrogen (secondary N) is 4. The predicted octanol–water partition coefficient (Wildman–Crippen LogP) is -0.907. The molecule has 0 unspecified atom stereocenters. The van der Waals surface area contributed by atoms with Crippen molar-refractivity contribution in [2.45, 2.75) is 70.4 Å². The Bertz CT molecular complexity index is 1430. The first-order valence-electron chi connectivity index (χ1n) is 14.7. The van der Waals surface area contributed by atoms with Crippen molar-refractivity contribution >= 4 is 58.1 Å². The Hall–Kier alpha value is -4.29. The Kier molecular flexibility index (Phi) is 15.5. The first-order chi connectivity index (χ1) is 22.1. The normalized spacial score (nSPS) is 14.1. The van der Waals surface area contributed by atoms with Crippen LogP contribution < -0.4 is 32.7 Å². The van der Waals surface area contributed by atoms with Crippen LogP contribution in [-0.2, 0) is 46.5 Å². The first-order valence-corrected chi connectivity index (χ1v) is 15.7. The van der Waals surface area contributed by atoms with Crippen molar-refractivity contribution in [3.05, 3.63) is 63.2 Å². The van der Waals surface area contributed by atoms with E-state index in [9.17, 15) is 33.9 Å². The van der Waals surface area contributed by atoms with Crippen LogP contribution in [-0.4, -0.2) is 82.5 Å². The van der Waals surface area contributed by atoms with E-state index in [0.717, 1.165) is 5.56 Å². The SMILES string of the molecule is CC(C)[C@H](NC(=O)[C@H](CC(N)=O)NC(=O)[C@@H](N)CO)C(=O)N[C@@H](Cc1ccc(O)c(I)c1)C(=O)N[C@@H](C)C(=O)OCc1ccccc1. The number of esters is 1. The molecule has 10 N–H and O–H groups in total. The van der Waals surface area contributed by atoms with E-state index < -0.39 is 84.7 Å². The number of phenols is 1. The average Bonchev–Trinajstić information content (AvgIpc) is 3.02. The van der Waals surface area contributed by atoms with E-state index in [1.807, 2.05) is 28.7 Å². The fourth-order valence-electron chi connectivity index (χ4n) is 4.17. The summed E-state index contributed by atoms with van der Waals surface area (Å²) in [7, 11) is 0. The van der Waals surface area contributed by atoms with E-state index in [-0.39, 0.29) is 18.8 Å². The molecule has 16 heteroatoms. The molecule has 256 valence electrons. The maximum Gasteiger partial charge on any atom is 0.328 e. The standard InChI is InChI=1S/C31H41IN6O9/c1-16(2)26(38-29(44)23(13-25(34)41)36-27(42)21(33)14-39)30(45)37-22(12-19-9-10-24(40)20(32)11-19)28(43)35-17(3)31(46)47-15-18-7-5-4-6-8-18/h4-11,16-17,21-23,26,39-40H,12-15,33H2,1-3H3,(H2,34,41)(H,35,43)(H,36,42)(H,37,45)(H,38,44)/t17-,21-,22-,23-,26-/m0/s1. The van der Waals surface area contributed by atoms with Gasteiger partial charge in [-0.15, -0.1) is 0 Å². The van der Waals surface area contributed by atoms with E-state index >= 15 is 0 Å². The number of ether oxygens (including phenoxy) is 1. The van der Waals surface area contributed by atoms with Gasteiger partial charge in [-0.2, -0.15) is 0 Å². The van der Waals surface area contributed by atoms with E-state index in [0.29, 0.717) is 9.13 Å². The number of aliphatic hydroxyl groups is 1. The van der Waals surface area contributed by atoms with Gasteiger partial charge in [0, 0.05) is 6.42 Å². The van der Waals surface area contributed by atoms with Gasteiger partial charge in [-0.1, -0.05) is 50.2 Å². The summed E-state index contributed by atoms with van der Waals surface area (Å²) in [6.45, 7) is 3.94. The van der Waals surface area contributed by atoms with Gasteiger partial charge in [-0.3, -0.25) is 24.0 Å². The number of rotatable bonds is 17. The highest BCUT2D eigenvalue weighted by atomic mass is 127. The van der Waals surface area contributed by atoms with Crippen molar-refractivity contribution in [3.63, 3.8) is 0 Å². The molecule has 0 aromatic heterocycles. The molecule has 0 saturated heterocycles. The molecule has 0 spiro atoms. The Balaban J connectivity index is 2.25. The lowest BCUT2D eigenvalue weighted by Gasteiger charge is -2.28. The number of amides is 5. The van der Waals surface area contributed by atoms with Gasteiger partial charge in [-0.25, -0.2) is 4.79 Å². The molecule has 0 radical (unpaired) electrons. The zero-order valence-electron chi connectivity index (χ0n) is 26.2. The van der Waals surface area contributed by atoms with Crippen LogP contribution in [0.25, 0.3) is 0 Å². The summed E-state index contributed by atoms with van der Waals surface area (Å²) < 4.78 is 5.81. The van der Waals surface area contributed by atoms with Gasteiger partial charge in [0.25, 0.3) is 0 Å². The van der Waals surface area contributed by atoms with Crippen molar-refractivity contribution in [1.82, 2.24) is 21.3 Å². The summed E-state index contributed by atoms with van der Waals surface area (Å²) in [5.74, 6) is -5.51. The molecular formula is C31H41IN6O9. The minimum atomic E-state index is -1.51. The number of aliphatic hydroxyl groups excluding tert-OH is 1. The van der Waals surface area contributed by atoms with E-state index in [1.165, 1.54) is 13.0 Å². The van der Waals surface area contributed by atoms with Crippen molar-refractivity contribution in [2.24, 2.45) is 17.4 Å². The van der Waals surface area contributed by atoms with Gasteiger partial charge in [0.05, 0.1) is 16.6 Å². The highest BCUT2D eigenvalue weighted by molar-refractivity contribution is 14.1. The molecule has 0 aliphatic rings. The molecule has 0 fully saturated rings. The van der Waals surface area contributed by atoms with Crippen LogP contribution in [0.15, 0.2) is 48.5 Å². The molecule has 2 aromatic rings. The number of aromatic hydroxyl groups is 1. The van der Waals surface area contributed by atoms with E-state index in [4.69, 9.17) is 21.3 Å². The van der Waals surface area contributed by atoms with Crippen LogP contribution >= 0.6 is 22.6 Å². The Morgan fingerprint density at radius 2 is 1.45 bits per heavy atom. The lowest BCUT2D eigenvalue weighted by atomic mass is 10.00. The number of benzene rings is 2. The molecule has 0 bridgehead atoms. The van der Waals surface area contributed by atoms with Crippen molar-refractivity contribution in [1.29, 1.82) is 0 Å². The Labute approximate surface area is 285 Å². The summed E-state index contributed by atoms with van der Waals surface area (Å²) in [6.07, 6.45) is -0.678. The van der Waals surface area contributed by atoms with Crippen LogP contribution in [0.4, 0.5) is 0 Å². The van der Waals surface area contributed by atoms with Crippen LogP contribution in [0, 0.1) is 9.49 Å². The van der Waals surface area contributed by atoms with Crippen molar-refractivity contribution < 1.29 is 43.7 Å². The molecule has 5 amide bonds. The molecular weight excluding hydrogens is 727 g/mol. The van der Waals surface area contributed by atoms with Crippen LogP contribution in [0.5, 0.6) is 5.75 Å². The quantitative estimate of drug-likeness (QED) is 0.0727. The van der Waals surface area contributed by atoms with Crippen LogP contribution in [0.3, 0.4) is 0 Å². The molecule has 0 aliphatic carbocycles. The summed E-state index contributed by atoms with van der Waals surface area (Å²) >= 11 is 1.91. The lowest BCUT2D eigenvalue weighted by molar-refractivity contribution is -0.148. The van der Waals surface area contributed by atoms with Crippen LogP contribution in [0.1, 0.15) is 38.3 Å². The molecule has 2 aromatic carbocycles. The van der Waals surface area contributed by atoms with Gasteiger partial charge < -0.3 is 47.7 Å². The second-order valence-electron chi connectivity index (χ2n) is 11.1. The topological polar surface area (TPSA) is 252 Å². The third-order valence-electron chi connectivity index (χ3n) is 6.84. The highest BCUT2D eigenvalue weighted by Gasteiger charge is 2.33. The van der Waals surface area contributed by atoms with Crippen molar-refractivity contribution in [3.8, 4) is 5.75 Å². The van der Waals surface area contributed by atoms with Gasteiger partial charge in [0.1, 0.15) is 42.6 Å². The number of hydrogen-bond acceptors (Lipinski definition) is 10.